The van der Waals surface area contributed by atoms with Crippen molar-refractivity contribution >= 4 is 11.6 Å². The van der Waals surface area contributed by atoms with E-state index in [2.05, 4.69) is 12.1 Å². The molecule has 0 saturated heterocycles. The SMILES string of the molecule is COc1cc2c3c(c1)C(Cl)CC3CCC2. The lowest BCUT2D eigenvalue weighted by Crippen LogP contribution is -2.06. The van der Waals surface area contributed by atoms with Crippen molar-refractivity contribution in [2.45, 2.75) is 37.0 Å². The Morgan fingerprint density at radius 2 is 2.27 bits per heavy atom. The molecular formula is C13H15ClO. The number of halogens is 1. The number of benzene rings is 1. The summed E-state index contributed by atoms with van der Waals surface area (Å²) in [6.45, 7) is 0. The summed E-state index contributed by atoms with van der Waals surface area (Å²) in [6.07, 6.45) is 4.93. The zero-order chi connectivity index (χ0) is 10.4. The quantitative estimate of drug-likeness (QED) is 0.657. The predicted octanol–water partition coefficient (Wildman–Crippen LogP) is 3.80. The van der Waals surface area contributed by atoms with Crippen LogP contribution in [0, 0.1) is 0 Å². The standard InChI is InChI=1S/C13H15ClO/c1-15-10-5-8-3-2-4-9-6-12(14)11(7-10)13(8)9/h5,7,9,12H,2-4,6H2,1H3. The van der Waals surface area contributed by atoms with Gasteiger partial charge in [0.15, 0.2) is 0 Å². The molecule has 0 amide bonds. The largest absolute Gasteiger partial charge is 0.497 e. The maximum atomic E-state index is 6.39. The Morgan fingerprint density at radius 3 is 3.07 bits per heavy atom. The highest BCUT2D eigenvalue weighted by atomic mass is 35.5. The highest BCUT2D eigenvalue weighted by molar-refractivity contribution is 6.21. The van der Waals surface area contributed by atoms with Gasteiger partial charge in [0.2, 0.25) is 0 Å². The minimum Gasteiger partial charge on any atom is -0.497 e. The van der Waals surface area contributed by atoms with Crippen LogP contribution >= 0.6 is 11.6 Å². The molecule has 2 aliphatic carbocycles. The van der Waals surface area contributed by atoms with E-state index in [1.165, 1.54) is 30.4 Å². The lowest BCUT2D eigenvalue weighted by molar-refractivity contribution is 0.413. The molecule has 2 unspecified atom stereocenters. The van der Waals surface area contributed by atoms with E-state index in [1.807, 2.05) is 0 Å². The fourth-order valence-electron chi connectivity index (χ4n) is 3.08. The minimum atomic E-state index is 0.206. The molecule has 0 bridgehead atoms. The average molecular weight is 223 g/mol. The third kappa shape index (κ3) is 1.37. The first kappa shape index (κ1) is 9.53. The van der Waals surface area contributed by atoms with E-state index in [9.17, 15) is 0 Å². The summed E-state index contributed by atoms with van der Waals surface area (Å²) in [4.78, 5) is 0. The lowest BCUT2D eigenvalue weighted by atomic mass is 9.84. The highest BCUT2D eigenvalue weighted by Gasteiger charge is 2.34. The van der Waals surface area contributed by atoms with Crippen LogP contribution in [0.2, 0.25) is 0 Å². The second kappa shape index (κ2) is 3.41. The van der Waals surface area contributed by atoms with E-state index in [1.54, 1.807) is 12.7 Å². The van der Waals surface area contributed by atoms with Crippen LogP contribution in [0.25, 0.3) is 0 Å². The summed E-state index contributed by atoms with van der Waals surface area (Å²) in [5.41, 5.74) is 4.35. The Kier molecular flexibility index (Phi) is 2.17. The molecule has 0 radical (unpaired) electrons. The van der Waals surface area contributed by atoms with Crippen molar-refractivity contribution in [2.24, 2.45) is 0 Å². The van der Waals surface area contributed by atoms with Gasteiger partial charge in [-0.05, 0) is 60.4 Å². The van der Waals surface area contributed by atoms with E-state index in [0.29, 0.717) is 0 Å². The van der Waals surface area contributed by atoms with Crippen LogP contribution in [0.5, 0.6) is 5.75 Å². The molecule has 2 atom stereocenters. The minimum absolute atomic E-state index is 0.206. The van der Waals surface area contributed by atoms with Crippen LogP contribution in [0.4, 0.5) is 0 Å². The molecule has 3 rings (SSSR count). The second-order valence-corrected chi connectivity index (χ2v) is 5.11. The molecule has 80 valence electrons. The molecule has 1 aromatic rings. The number of aryl methyl sites for hydroxylation is 1. The first-order chi connectivity index (χ1) is 7.29. The molecule has 1 aromatic carbocycles. The van der Waals surface area contributed by atoms with Crippen molar-refractivity contribution in [2.75, 3.05) is 7.11 Å². The summed E-state index contributed by atoms with van der Waals surface area (Å²) < 4.78 is 5.33. The van der Waals surface area contributed by atoms with Crippen LogP contribution in [-0.2, 0) is 6.42 Å². The Hall–Kier alpha value is -0.690. The van der Waals surface area contributed by atoms with Crippen molar-refractivity contribution in [3.05, 3.63) is 28.8 Å². The fourth-order valence-corrected chi connectivity index (χ4v) is 3.48. The topological polar surface area (TPSA) is 9.23 Å². The number of alkyl halides is 1. The van der Waals surface area contributed by atoms with Gasteiger partial charge in [-0.1, -0.05) is 0 Å². The van der Waals surface area contributed by atoms with Gasteiger partial charge in [-0.15, -0.1) is 11.6 Å². The molecule has 2 heteroatoms. The first-order valence-electron chi connectivity index (χ1n) is 5.64. The maximum Gasteiger partial charge on any atom is 0.119 e. The highest BCUT2D eigenvalue weighted by Crippen LogP contribution is 2.51. The number of hydrogen-bond acceptors (Lipinski definition) is 1. The molecule has 0 heterocycles. The smallest absolute Gasteiger partial charge is 0.119 e. The molecule has 1 nitrogen and oxygen atoms in total. The van der Waals surface area contributed by atoms with Gasteiger partial charge < -0.3 is 4.74 Å². The summed E-state index contributed by atoms with van der Waals surface area (Å²) >= 11 is 6.39. The maximum absolute atomic E-state index is 6.39. The Morgan fingerprint density at radius 1 is 1.40 bits per heavy atom. The van der Waals surface area contributed by atoms with Crippen LogP contribution in [0.1, 0.15) is 47.2 Å². The normalized spacial score (nSPS) is 27.6. The van der Waals surface area contributed by atoms with E-state index in [-0.39, 0.29) is 5.38 Å². The van der Waals surface area contributed by atoms with Gasteiger partial charge in [0, 0.05) is 0 Å². The molecule has 0 saturated carbocycles. The zero-order valence-electron chi connectivity index (χ0n) is 8.92. The van der Waals surface area contributed by atoms with E-state index in [0.717, 1.165) is 18.1 Å². The molecule has 15 heavy (non-hydrogen) atoms. The first-order valence-corrected chi connectivity index (χ1v) is 6.08. The Balaban J connectivity index is 2.18. The van der Waals surface area contributed by atoms with E-state index < -0.39 is 0 Å². The van der Waals surface area contributed by atoms with Crippen molar-refractivity contribution in [1.82, 2.24) is 0 Å². The van der Waals surface area contributed by atoms with Gasteiger partial charge in [-0.25, -0.2) is 0 Å². The van der Waals surface area contributed by atoms with Gasteiger partial charge in [-0.3, -0.25) is 0 Å². The predicted molar refractivity (Wildman–Crippen MR) is 61.9 cm³/mol. The third-order valence-corrected chi connectivity index (χ3v) is 4.16. The van der Waals surface area contributed by atoms with Gasteiger partial charge in [-0.2, -0.15) is 0 Å². The summed E-state index contributed by atoms with van der Waals surface area (Å²) in [5.74, 6) is 1.69. The third-order valence-electron chi connectivity index (χ3n) is 3.74. The van der Waals surface area contributed by atoms with Crippen molar-refractivity contribution in [3.8, 4) is 5.75 Å². The summed E-state index contributed by atoms with van der Waals surface area (Å²) in [5, 5.41) is 0.206. The Labute approximate surface area is 95.4 Å². The molecular weight excluding hydrogens is 208 g/mol. The van der Waals surface area contributed by atoms with E-state index >= 15 is 0 Å². The molecule has 0 spiro atoms. The van der Waals surface area contributed by atoms with Crippen LogP contribution in [0.15, 0.2) is 12.1 Å². The van der Waals surface area contributed by atoms with Crippen molar-refractivity contribution < 1.29 is 4.74 Å². The molecule has 2 aliphatic rings. The van der Waals surface area contributed by atoms with Gasteiger partial charge in [0.25, 0.3) is 0 Å². The number of ether oxygens (including phenoxy) is 1. The number of hydrogen-bond donors (Lipinski definition) is 0. The molecule has 0 aliphatic heterocycles. The molecule has 0 aromatic heterocycles. The van der Waals surface area contributed by atoms with Crippen molar-refractivity contribution in [3.63, 3.8) is 0 Å². The van der Waals surface area contributed by atoms with Gasteiger partial charge in [0.1, 0.15) is 5.75 Å². The van der Waals surface area contributed by atoms with Crippen LogP contribution in [-0.4, -0.2) is 7.11 Å². The summed E-state index contributed by atoms with van der Waals surface area (Å²) in [7, 11) is 1.73. The molecule has 0 N–H and O–H groups in total. The number of methoxy groups -OCH3 is 1. The van der Waals surface area contributed by atoms with Gasteiger partial charge in [0.05, 0.1) is 12.5 Å². The average Bonchev–Trinajstić information content (AvgIpc) is 2.58. The number of rotatable bonds is 1. The van der Waals surface area contributed by atoms with Crippen molar-refractivity contribution in [1.29, 1.82) is 0 Å². The zero-order valence-corrected chi connectivity index (χ0v) is 9.68. The Bertz CT molecular complexity index is 400. The summed E-state index contributed by atoms with van der Waals surface area (Å²) in [6, 6.07) is 4.32. The van der Waals surface area contributed by atoms with Gasteiger partial charge >= 0.3 is 0 Å². The van der Waals surface area contributed by atoms with Crippen LogP contribution < -0.4 is 4.74 Å². The van der Waals surface area contributed by atoms with E-state index in [4.69, 9.17) is 16.3 Å². The molecule has 0 fully saturated rings. The monoisotopic (exact) mass is 222 g/mol. The fraction of sp³-hybridized carbons (Fsp3) is 0.538. The lowest BCUT2D eigenvalue weighted by Gasteiger charge is -2.22. The second-order valence-electron chi connectivity index (χ2n) is 4.58. The van der Waals surface area contributed by atoms with Crippen LogP contribution in [0.3, 0.4) is 0 Å².